The van der Waals surface area contributed by atoms with Crippen LogP contribution in [0, 0.1) is 5.92 Å². The first-order chi connectivity index (χ1) is 12.2. The maximum atomic E-state index is 12.7. The van der Waals surface area contributed by atoms with Gasteiger partial charge in [0.2, 0.25) is 15.9 Å². The van der Waals surface area contributed by atoms with Gasteiger partial charge in [-0.05, 0) is 31.4 Å². The topological polar surface area (TPSA) is 105 Å². The number of pyridine rings is 1. The van der Waals surface area contributed by atoms with E-state index < -0.39 is 19.9 Å². The van der Waals surface area contributed by atoms with Crippen LogP contribution in [0.5, 0.6) is 0 Å². The first-order valence-corrected chi connectivity index (χ1v) is 11.8. The largest absolute Gasteiger partial charge is 0.341 e. The van der Waals surface area contributed by atoms with Crippen molar-refractivity contribution < 1.29 is 21.6 Å². The number of sulfone groups is 1. The molecule has 2 aliphatic heterocycles. The minimum Gasteiger partial charge on any atom is -0.341 e. The highest BCUT2D eigenvalue weighted by Gasteiger charge is 2.37. The first kappa shape index (κ1) is 19.2. The maximum Gasteiger partial charge on any atom is 0.244 e. The summed E-state index contributed by atoms with van der Waals surface area (Å²) >= 11 is 0. The molecule has 144 valence electrons. The van der Waals surface area contributed by atoms with Crippen molar-refractivity contribution in [2.75, 3.05) is 31.6 Å². The summed E-state index contributed by atoms with van der Waals surface area (Å²) in [5, 5.41) is 0. The predicted octanol–water partition coefficient (Wildman–Crippen LogP) is 0.128. The Labute approximate surface area is 154 Å². The molecule has 1 amide bonds. The molecule has 2 fully saturated rings. The number of sulfonamides is 1. The van der Waals surface area contributed by atoms with Crippen LogP contribution >= 0.6 is 0 Å². The van der Waals surface area contributed by atoms with Crippen molar-refractivity contribution in [2.24, 2.45) is 5.92 Å². The summed E-state index contributed by atoms with van der Waals surface area (Å²) in [5.41, 5.74) is 0. The second-order valence-electron chi connectivity index (χ2n) is 6.87. The highest BCUT2D eigenvalue weighted by atomic mass is 32.2. The zero-order chi connectivity index (χ0) is 18.9. The molecule has 1 atom stereocenters. The number of aromatic nitrogens is 1. The third-order valence-electron chi connectivity index (χ3n) is 5.18. The van der Waals surface area contributed by atoms with Crippen LogP contribution in [0.3, 0.4) is 0 Å². The lowest BCUT2D eigenvalue weighted by atomic mass is 9.96. The fourth-order valence-corrected chi connectivity index (χ4v) is 6.75. The van der Waals surface area contributed by atoms with Crippen LogP contribution in [0.4, 0.5) is 0 Å². The van der Waals surface area contributed by atoms with Crippen molar-refractivity contribution >= 4 is 25.8 Å². The normalized spacial score (nSPS) is 24.4. The molecule has 0 aromatic carbocycles. The Balaban J connectivity index is 1.61. The number of amides is 1. The van der Waals surface area contributed by atoms with Crippen molar-refractivity contribution in [3.05, 3.63) is 24.5 Å². The molecule has 1 unspecified atom stereocenters. The summed E-state index contributed by atoms with van der Waals surface area (Å²) in [6, 6.07) is 2.81. The number of carbonyl (C=O) groups excluding carboxylic acids is 1. The van der Waals surface area contributed by atoms with E-state index in [-0.39, 0.29) is 47.4 Å². The maximum absolute atomic E-state index is 12.7. The number of nitrogens with zero attached hydrogens (tertiary/aromatic N) is 3. The van der Waals surface area contributed by atoms with Gasteiger partial charge >= 0.3 is 0 Å². The lowest BCUT2D eigenvalue weighted by Crippen LogP contribution is -2.46. The molecule has 0 radical (unpaired) electrons. The van der Waals surface area contributed by atoms with Crippen molar-refractivity contribution in [1.29, 1.82) is 0 Å². The summed E-state index contributed by atoms with van der Waals surface area (Å²) in [6.45, 7) is 0.537. The Bertz CT molecular complexity index is 862. The van der Waals surface area contributed by atoms with Crippen LogP contribution in [0.1, 0.15) is 19.3 Å². The van der Waals surface area contributed by atoms with Crippen LogP contribution in [-0.2, 0) is 24.7 Å². The van der Waals surface area contributed by atoms with Gasteiger partial charge in [-0.2, -0.15) is 4.31 Å². The van der Waals surface area contributed by atoms with E-state index >= 15 is 0 Å². The Kier molecular flexibility index (Phi) is 5.36. The van der Waals surface area contributed by atoms with Crippen LogP contribution in [-0.4, -0.2) is 74.6 Å². The van der Waals surface area contributed by atoms with Crippen LogP contribution in [0.25, 0.3) is 0 Å². The van der Waals surface area contributed by atoms with Crippen molar-refractivity contribution in [3.63, 3.8) is 0 Å². The molecule has 0 N–H and O–H groups in total. The Morgan fingerprint density at radius 1 is 1.27 bits per heavy atom. The molecule has 3 rings (SSSR count). The quantitative estimate of drug-likeness (QED) is 0.710. The molecule has 0 spiro atoms. The molecular formula is C16H23N3O5S2. The van der Waals surface area contributed by atoms with Gasteiger partial charge in [-0.15, -0.1) is 0 Å². The molecule has 26 heavy (non-hydrogen) atoms. The Morgan fingerprint density at radius 2 is 1.96 bits per heavy atom. The van der Waals surface area contributed by atoms with E-state index in [9.17, 15) is 21.6 Å². The smallest absolute Gasteiger partial charge is 0.244 e. The average molecular weight is 402 g/mol. The number of rotatable bonds is 4. The minimum absolute atomic E-state index is 0.0173. The molecule has 0 bridgehead atoms. The van der Waals surface area contributed by atoms with E-state index in [2.05, 4.69) is 4.98 Å². The standard InChI is InChI=1S/C16H23N3O5S2/c1-18(14-6-10-25(21,22)12-14)16(20)13-4-8-19(9-5-13)26(23,24)15-3-2-7-17-11-15/h2-3,7,11,13-14H,4-6,8-10,12H2,1H3. The highest BCUT2D eigenvalue weighted by molar-refractivity contribution is 7.91. The summed E-state index contributed by atoms with van der Waals surface area (Å²) in [5.74, 6) is -0.227. The molecule has 1 aromatic heterocycles. The summed E-state index contributed by atoms with van der Waals surface area (Å²) < 4.78 is 49.8. The van der Waals surface area contributed by atoms with Gasteiger partial charge in [-0.25, -0.2) is 16.8 Å². The zero-order valence-corrected chi connectivity index (χ0v) is 16.2. The second-order valence-corrected chi connectivity index (χ2v) is 11.0. The van der Waals surface area contributed by atoms with Gasteiger partial charge in [-0.3, -0.25) is 9.78 Å². The summed E-state index contributed by atoms with van der Waals surface area (Å²) in [7, 11) is -5.00. The van der Waals surface area contributed by atoms with E-state index in [1.807, 2.05) is 0 Å². The fourth-order valence-electron chi connectivity index (χ4n) is 3.54. The van der Waals surface area contributed by atoms with E-state index in [4.69, 9.17) is 0 Å². The second kappa shape index (κ2) is 7.24. The summed E-state index contributed by atoms with van der Waals surface area (Å²) in [4.78, 5) is 18.2. The molecule has 0 aliphatic carbocycles. The van der Waals surface area contributed by atoms with Crippen molar-refractivity contribution in [2.45, 2.75) is 30.2 Å². The third-order valence-corrected chi connectivity index (χ3v) is 8.81. The van der Waals surface area contributed by atoms with Gasteiger partial charge in [0.05, 0.1) is 11.5 Å². The van der Waals surface area contributed by atoms with E-state index in [0.717, 1.165) is 0 Å². The lowest BCUT2D eigenvalue weighted by Gasteiger charge is -2.34. The average Bonchev–Trinajstić information content (AvgIpc) is 3.01. The Morgan fingerprint density at radius 3 is 2.50 bits per heavy atom. The van der Waals surface area contributed by atoms with Gasteiger partial charge in [0.15, 0.2) is 9.84 Å². The van der Waals surface area contributed by atoms with Gasteiger partial charge < -0.3 is 4.90 Å². The number of hydrogen-bond acceptors (Lipinski definition) is 6. The monoisotopic (exact) mass is 401 g/mol. The van der Waals surface area contributed by atoms with E-state index in [1.165, 1.54) is 22.8 Å². The molecule has 0 saturated carbocycles. The fraction of sp³-hybridized carbons (Fsp3) is 0.625. The SMILES string of the molecule is CN(C(=O)C1CCN(S(=O)(=O)c2cccnc2)CC1)C1CCS(=O)(=O)C1. The molecule has 10 heteroatoms. The highest BCUT2D eigenvalue weighted by Crippen LogP contribution is 2.26. The molecule has 1 aromatic rings. The number of carbonyl (C=O) groups is 1. The third kappa shape index (κ3) is 3.91. The van der Waals surface area contributed by atoms with Gasteiger partial charge in [-0.1, -0.05) is 0 Å². The first-order valence-electron chi connectivity index (χ1n) is 8.58. The van der Waals surface area contributed by atoms with Crippen molar-refractivity contribution in [1.82, 2.24) is 14.2 Å². The predicted molar refractivity (Wildman–Crippen MR) is 95.5 cm³/mol. The molecule has 2 aliphatic rings. The zero-order valence-electron chi connectivity index (χ0n) is 14.6. The summed E-state index contributed by atoms with van der Waals surface area (Å²) in [6.07, 6.45) is 4.17. The lowest BCUT2D eigenvalue weighted by molar-refractivity contribution is -0.137. The van der Waals surface area contributed by atoms with Gasteiger partial charge in [0.25, 0.3) is 0 Å². The van der Waals surface area contributed by atoms with E-state index in [1.54, 1.807) is 18.0 Å². The van der Waals surface area contributed by atoms with Crippen molar-refractivity contribution in [3.8, 4) is 0 Å². The van der Waals surface area contributed by atoms with Gasteiger partial charge in [0.1, 0.15) is 4.90 Å². The van der Waals surface area contributed by atoms with Crippen LogP contribution in [0.2, 0.25) is 0 Å². The Hall–Kier alpha value is -1.52. The van der Waals surface area contributed by atoms with E-state index in [0.29, 0.717) is 19.3 Å². The molecular weight excluding hydrogens is 378 g/mol. The van der Waals surface area contributed by atoms with Crippen LogP contribution in [0.15, 0.2) is 29.4 Å². The van der Waals surface area contributed by atoms with Gasteiger partial charge in [0, 0.05) is 44.5 Å². The molecule has 8 nitrogen and oxygen atoms in total. The molecule has 2 saturated heterocycles. The molecule has 3 heterocycles. The number of hydrogen-bond donors (Lipinski definition) is 0. The van der Waals surface area contributed by atoms with Crippen LogP contribution < -0.4 is 0 Å². The number of piperidine rings is 1. The minimum atomic E-state index is -3.60.